The smallest absolute Gasteiger partial charge is 0.198 e. The molecule has 1 N–H and O–H groups in total. The van der Waals surface area contributed by atoms with Gasteiger partial charge < -0.3 is 5.11 Å². The lowest BCUT2D eigenvalue weighted by Crippen LogP contribution is -2.18. The molecule has 0 aromatic heterocycles. The molecule has 0 heterocycles. The minimum absolute atomic E-state index is 0.0594. The van der Waals surface area contributed by atoms with E-state index in [1.54, 1.807) is 0 Å². The second-order valence-electron chi connectivity index (χ2n) is 2.62. The summed E-state index contributed by atoms with van der Waals surface area (Å²) in [5.41, 5.74) is 0. The van der Waals surface area contributed by atoms with Gasteiger partial charge in [0.2, 0.25) is 0 Å². The van der Waals surface area contributed by atoms with Crippen LogP contribution in [-0.2, 0) is 14.4 Å². The molecule has 4 nitrogen and oxygen atoms in total. The van der Waals surface area contributed by atoms with Gasteiger partial charge in [-0.25, -0.2) is 0 Å². The number of aliphatic hydroxyl groups excluding tert-OH is 1. The largest absolute Gasteiger partial charge is 0.386 e. The first-order valence-electron chi connectivity index (χ1n) is 3.69. The Bertz CT molecular complexity index is 205. The molecule has 0 aliphatic carbocycles. The Kier molecular flexibility index (Phi) is 4.36. The van der Waals surface area contributed by atoms with Gasteiger partial charge in [0.15, 0.2) is 17.3 Å². The maximum absolute atomic E-state index is 10.8. The van der Waals surface area contributed by atoms with Crippen LogP contribution in [0.3, 0.4) is 0 Å². The van der Waals surface area contributed by atoms with Gasteiger partial charge in [-0.1, -0.05) is 0 Å². The van der Waals surface area contributed by atoms with Gasteiger partial charge in [-0.05, 0) is 6.92 Å². The van der Waals surface area contributed by atoms with E-state index >= 15 is 0 Å². The van der Waals surface area contributed by atoms with Crippen molar-refractivity contribution >= 4 is 17.3 Å². The second kappa shape index (κ2) is 4.77. The van der Waals surface area contributed by atoms with E-state index in [2.05, 4.69) is 0 Å². The van der Waals surface area contributed by atoms with E-state index in [9.17, 15) is 14.4 Å². The average molecular weight is 172 g/mol. The van der Waals surface area contributed by atoms with E-state index in [4.69, 9.17) is 5.11 Å². The summed E-state index contributed by atoms with van der Waals surface area (Å²) >= 11 is 0. The summed E-state index contributed by atoms with van der Waals surface area (Å²) < 4.78 is 0. The lowest BCUT2D eigenvalue weighted by Gasteiger charge is -2.00. The standard InChI is InChI=1S/C8H12O4/c1-5(9)7(11)3-4-8(12)6(2)10/h5,9H,3-4H2,1-2H3. The topological polar surface area (TPSA) is 71.4 Å². The fourth-order valence-electron chi connectivity index (χ4n) is 0.622. The van der Waals surface area contributed by atoms with Crippen LogP contribution in [-0.4, -0.2) is 28.6 Å². The molecule has 0 aliphatic heterocycles. The van der Waals surface area contributed by atoms with E-state index in [0.29, 0.717) is 0 Å². The molecule has 68 valence electrons. The third kappa shape index (κ3) is 3.98. The molecular weight excluding hydrogens is 160 g/mol. The molecular formula is C8H12O4. The SMILES string of the molecule is CC(=O)C(=O)CCC(=O)C(C)O. The number of carbonyl (C=O) groups excluding carboxylic acids is 3. The summed E-state index contributed by atoms with van der Waals surface area (Å²) in [5.74, 6) is -1.53. The maximum atomic E-state index is 10.8. The van der Waals surface area contributed by atoms with Gasteiger partial charge in [0.1, 0.15) is 6.10 Å². The Labute approximate surface area is 70.6 Å². The third-order valence-corrected chi connectivity index (χ3v) is 1.46. The molecule has 0 radical (unpaired) electrons. The molecule has 1 atom stereocenters. The minimum Gasteiger partial charge on any atom is -0.386 e. The molecule has 1 unspecified atom stereocenters. The first-order chi connectivity index (χ1) is 5.45. The molecule has 0 saturated heterocycles. The predicted molar refractivity (Wildman–Crippen MR) is 41.6 cm³/mol. The van der Waals surface area contributed by atoms with Crippen molar-refractivity contribution in [3.8, 4) is 0 Å². The molecule has 12 heavy (non-hydrogen) atoms. The molecule has 0 rings (SSSR count). The molecule has 0 saturated carbocycles. The first-order valence-corrected chi connectivity index (χ1v) is 3.69. The Morgan fingerprint density at radius 3 is 2.08 bits per heavy atom. The van der Waals surface area contributed by atoms with Crippen molar-refractivity contribution in [2.24, 2.45) is 0 Å². The highest BCUT2D eigenvalue weighted by atomic mass is 16.3. The number of rotatable bonds is 5. The van der Waals surface area contributed by atoms with Crippen LogP contribution in [0.2, 0.25) is 0 Å². The fourth-order valence-corrected chi connectivity index (χ4v) is 0.622. The van der Waals surface area contributed by atoms with Gasteiger partial charge in [0, 0.05) is 19.8 Å². The lowest BCUT2D eigenvalue weighted by molar-refractivity contribution is -0.136. The van der Waals surface area contributed by atoms with E-state index in [1.807, 2.05) is 0 Å². The van der Waals surface area contributed by atoms with E-state index < -0.39 is 23.5 Å². The number of hydrogen-bond donors (Lipinski definition) is 1. The summed E-state index contributed by atoms with van der Waals surface area (Å²) in [6.07, 6.45) is -1.21. The van der Waals surface area contributed by atoms with Crippen LogP contribution in [0.15, 0.2) is 0 Å². The van der Waals surface area contributed by atoms with Crippen molar-refractivity contribution in [3.05, 3.63) is 0 Å². The van der Waals surface area contributed by atoms with Crippen molar-refractivity contribution in [2.75, 3.05) is 0 Å². The van der Waals surface area contributed by atoms with Crippen molar-refractivity contribution in [1.82, 2.24) is 0 Å². The summed E-state index contributed by atoms with van der Waals surface area (Å²) in [7, 11) is 0. The Balaban J connectivity index is 3.77. The summed E-state index contributed by atoms with van der Waals surface area (Å²) in [5, 5.41) is 8.73. The normalized spacial score (nSPS) is 12.2. The Hall–Kier alpha value is -1.03. The first kappa shape index (κ1) is 11.0. The van der Waals surface area contributed by atoms with Gasteiger partial charge in [-0.2, -0.15) is 0 Å². The number of carbonyl (C=O) groups is 3. The number of ketones is 3. The van der Waals surface area contributed by atoms with Crippen LogP contribution >= 0.6 is 0 Å². The lowest BCUT2D eigenvalue weighted by atomic mass is 10.1. The van der Waals surface area contributed by atoms with Crippen LogP contribution in [0.1, 0.15) is 26.7 Å². The van der Waals surface area contributed by atoms with Crippen molar-refractivity contribution in [1.29, 1.82) is 0 Å². The predicted octanol–water partition coefficient (Wildman–Crippen LogP) is -0.125. The molecule has 0 bridgehead atoms. The van der Waals surface area contributed by atoms with Gasteiger partial charge in [-0.15, -0.1) is 0 Å². The summed E-state index contributed by atoms with van der Waals surface area (Å²) in [4.78, 5) is 31.8. The van der Waals surface area contributed by atoms with Crippen LogP contribution in [0.5, 0.6) is 0 Å². The number of Topliss-reactive ketones (excluding diaryl/α,β-unsaturated/α-hetero) is 3. The highest BCUT2D eigenvalue weighted by Gasteiger charge is 2.13. The highest BCUT2D eigenvalue weighted by Crippen LogP contribution is 1.97. The summed E-state index contributed by atoms with van der Waals surface area (Å²) in [6, 6.07) is 0. The maximum Gasteiger partial charge on any atom is 0.198 e. The van der Waals surface area contributed by atoms with E-state index in [-0.39, 0.29) is 12.8 Å². The van der Waals surface area contributed by atoms with Crippen LogP contribution < -0.4 is 0 Å². The van der Waals surface area contributed by atoms with Gasteiger partial charge >= 0.3 is 0 Å². The zero-order valence-corrected chi connectivity index (χ0v) is 7.16. The van der Waals surface area contributed by atoms with Crippen molar-refractivity contribution in [3.63, 3.8) is 0 Å². The molecule has 0 aromatic carbocycles. The monoisotopic (exact) mass is 172 g/mol. The van der Waals surface area contributed by atoms with Gasteiger partial charge in [-0.3, -0.25) is 14.4 Å². The Morgan fingerprint density at radius 2 is 1.75 bits per heavy atom. The molecule has 0 aromatic rings. The van der Waals surface area contributed by atoms with Crippen LogP contribution in [0, 0.1) is 0 Å². The van der Waals surface area contributed by atoms with Gasteiger partial charge in [0.05, 0.1) is 0 Å². The quantitative estimate of drug-likeness (QED) is 0.586. The molecule has 4 heteroatoms. The molecule has 0 aliphatic rings. The zero-order chi connectivity index (χ0) is 9.72. The average Bonchev–Trinajstić information content (AvgIpc) is 1.98. The highest BCUT2D eigenvalue weighted by molar-refractivity contribution is 6.36. The van der Waals surface area contributed by atoms with E-state index in [0.717, 1.165) is 6.92 Å². The molecule has 0 fully saturated rings. The zero-order valence-electron chi connectivity index (χ0n) is 7.16. The third-order valence-electron chi connectivity index (χ3n) is 1.46. The second-order valence-corrected chi connectivity index (χ2v) is 2.62. The van der Waals surface area contributed by atoms with Crippen LogP contribution in [0.25, 0.3) is 0 Å². The molecule has 0 amide bonds. The van der Waals surface area contributed by atoms with Gasteiger partial charge in [0.25, 0.3) is 0 Å². The minimum atomic E-state index is -1.05. The Morgan fingerprint density at radius 1 is 1.25 bits per heavy atom. The van der Waals surface area contributed by atoms with Crippen LogP contribution in [0.4, 0.5) is 0 Å². The number of aliphatic hydroxyl groups is 1. The van der Waals surface area contributed by atoms with E-state index in [1.165, 1.54) is 6.92 Å². The molecule has 0 spiro atoms. The van der Waals surface area contributed by atoms with Crippen molar-refractivity contribution in [2.45, 2.75) is 32.8 Å². The summed E-state index contributed by atoms with van der Waals surface area (Å²) in [6.45, 7) is 2.50. The fraction of sp³-hybridized carbons (Fsp3) is 0.625. The number of hydrogen-bond acceptors (Lipinski definition) is 4. The van der Waals surface area contributed by atoms with Crippen molar-refractivity contribution < 1.29 is 19.5 Å².